The second kappa shape index (κ2) is 5.20. The Morgan fingerprint density at radius 3 is 1.84 bits per heavy atom. The fraction of sp³-hybridized carbons (Fsp3) is 0.455. The van der Waals surface area contributed by atoms with Gasteiger partial charge in [0.15, 0.2) is 0 Å². The minimum Gasteiger partial charge on any atom is -0.225 e. The maximum atomic E-state index is 12.1. The number of benzene rings is 1. The Hall–Kier alpha value is -0.960. The van der Waals surface area contributed by atoms with E-state index in [1.807, 2.05) is 6.92 Å². The van der Waals surface area contributed by atoms with Crippen LogP contribution in [0.3, 0.4) is 0 Å². The molecule has 0 amide bonds. The summed E-state index contributed by atoms with van der Waals surface area (Å²) in [6.07, 6.45) is 0.626. The standard InChI is InChI=1S/C11H18N2O4S2/c1-4-11(2,3)13-19(16,17)10-7-5-9(6-8-10)18(12,14)15/h5-8,13H,4H2,1-3H3,(H2,12,14,15). The molecule has 1 rings (SSSR count). The second-order valence-electron chi connectivity index (χ2n) is 4.86. The average Bonchev–Trinajstić information content (AvgIpc) is 2.27. The van der Waals surface area contributed by atoms with E-state index in [2.05, 4.69) is 4.72 Å². The Morgan fingerprint density at radius 1 is 1.05 bits per heavy atom. The first-order valence-electron chi connectivity index (χ1n) is 5.65. The van der Waals surface area contributed by atoms with Crippen LogP contribution in [0.1, 0.15) is 27.2 Å². The van der Waals surface area contributed by atoms with Crippen LogP contribution in [-0.2, 0) is 20.0 Å². The van der Waals surface area contributed by atoms with Crippen LogP contribution < -0.4 is 9.86 Å². The SMILES string of the molecule is CCC(C)(C)NS(=O)(=O)c1ccc(S(N)(=O)=O)cc1. The summed E-state index contributed by atoms with van der Waals surface area (Å²) < 4.78 is 48.9. The molecule has 0 saturated carbocycles. The number of sulfonamides is 2. The van der Waals surface area contributed by atoms with Crippen molar-refractivity contribution in [3.05, 3.63) is 24.3 Å². The van der Waals surface area contributed by atoms with Gasteiger partial charge < -0.3 is 0 Å². The van der Waals surface area contributed by atoms with Gasteiger partial charge in [0.1, 0.15) is 0 Å². The first-order valence-corrected chi connectivity index (χ1v) is 8.68. The van der Waals surface area contributed by atoms with Crippen LogP contribution in [0.25, 0.3) is 0 Å². The highest BCUT2D eigenvalue weighted by molar-refractivity contribution is 7.89. The van der Waals surface area contributed by atoms with Gasteiger partial charge in [0, 0.05) is 5.54 Å². The van der Waals surface area contributed by atoms with Gasteiger partial charge in [-0.1, -0.05) is 6.92 Å². The van der Waals surface area contributed by atoms with Gasteiger partial charge in [-0.2, -0.15) is 0 Å². The highest BCUT2D eigenvalue weighted by Crippen LogP contribution is 2.17. The van der Waals surface area contributed by atoms with E-state index < -0.39 is 25.6 Å². The van der Waals surface area contributed by atoms with Crippen LogP contribution >= 0.6 is 0 Å². The molecule has 0 atom stereocenters. The lowest BCUT2D eigenvalue weighted by molar-refractivity contribution is 0.439. The molecule has 0 saturated heterocycles. The summed E-state index contributed by atoms with van der Waals surface area (Å²) in [7, 11) is -7.50. The van der Waals surface area contributed by atoms with Gasteiger partial charge >= 0.3 is 0 Å². The topological polar surface area (TPSA) is 106 Å². The summed E-state index contributed by atoms with van der Waals surface area (Å²) in [5.41, 5.74) is -0.572. The largest absolute Gasteiger partial charge is 0.241 e. The molecule has 0 bridgehead atoms. The van der Waals surface area contributed by atoms with Crippen molar-refractivity contribution < 1.29 is 16.8 Å². The highest BCUT2D eigenvalue weighted by Gasteiger charge is 2.24. The lowest BCUT2D eigenvalue weighted by Crippen LogP contribution is -2.42. The molecule has 0 aliphatic rings. The maximum Gasteiger partial charge on any atom is 0.241 e. The van der Waals surface area contributed by atoms with E-state index in [9.17, 15) is 16.8 Å². The summed E-state index contributed by atoms with van der Waals surface area (Å²) in [6, 6.07) is 4.77. The quantitative estimate of drug-likeness (QED) is 0.839. The van der Waals surface area contributed by atoms with Gasteiger partial charge in [-0.3, -0.25) is 0 Å². The Bertz CT molecular complexity index is 646. The monoisotopic (exact) mass is 306 g/mol. The minimum absolute atomic E-state index is 0.00132. The third-order valence-corrected chi connectivity index (χ3v) is 5.40. The zero-order valence-electron chi connectivity index (χ0n) is 11.0. The molecule has 3 N–H and O–H groups in total. The van der Waals surface area contributed by atoms with Crippen LogP contribution in [0.15, 0.2) is 34.1 Å². The van der Waals surface area contributed by atoms with E-state index in [0.29, 0.717) is 6.42 Å². The number of rotatable bonds is 5. The van der Waals surface area contributed by atoms with E-state index in [4.69, 9.17) is 5.14 Å². The molecule has 108 valence electrons. The van der Waals surface area contributed by atoms with Gasteiger partial charge in [0.2, 0.25) is 20.0 Å². The Morgan fingerprint density at radius 2 is 1.47 bits per heavy atom. The van der Waals surface area contributed by atoms with E-state index >= 15 is 0 Å². The molecule has 0 radical (unpaired) electrons. The lowest BCUT2D eigenvalue weighted by Gasteiger charge is -2.24. The zero-order valence-corrected chi connectivity index (χ0v) is 12.7. The smallest absolute Gasteiger partial charge is 0.225 e. The predicted octanol–water partition coefficient (Wildman–Crippen LogP) is 0.801. The summed E-state index contributed by atoms with van der Waals surface area (Å²) in [5.74, 6) is 0. The molecule has 6 nitrogen and oxygen atoms in total. The summed E-state index contributed by atoms with van der Waals surface area (Å²) in [5, 5.41) is 4.95. The van der Waals surface area contributed by atoms with Crippen molar-refractivity contribution in [2.75, 3.05) is 0 Å². The molecule has 19 heavy (non-hydrogen) atoms. The molecule has 0 aliphatic heterocycles. The van der Waals surface area contributed by atoms with Gasteiger partial charge in [-0.25, -0.2) is 26.7 Å². The summed E-state index contributed by atoms with van der Waals surface area (Å²) in [4.78, 5) is -0.123. The van der Waals surface area contributed by atoms with Crippen molar-refractivity contribution in [2.45, 2.75) is 42.5 Å². The Balaban J connectivity index is 3.11. The van der Waals surface area contributed by atoms with Crippen molar-refractivity contribution in [3.63, 3.8) is 0 Å². The number of nitrogens with two attached hydrogens (primary N) is 1. The van der Waals surface area contributed by atoms with Crippen LogP contribution in [0.2, 0.25) is 0 Å². The first-order chi connectivity index (χ1) is 8.48. The third kappa shape index (κ3) is 4.27. The van der Waals surface area contributed by atoms with Crippen LogP contribution in [0.4, 0.5) is 0 Å². The van der Waals surface area contributed by atoms with E-state index in [1.165, 1.54) is 24.3 Å². The molecule has 0 aliphatic carbocycles. The van der Waals surface area contributed by atoms with Crippen molar-refractivity contribution in [1.82, 2.24) is 4.72 Å². The van der Waals surface area contributed by atoms with Gasteiger partial charge in [-0.05, 0) is 44.5 Å². The number of nitrogens with one attached hydrogen (secondary N) is 1. The third-order valence-electron chi connectivity index (χ3n) is 2.76. The number of hydrogen-bond acceptors (Lipinski definition) is 4. The van der Waals surface area contributed by atoms with Gasteiger partial charge in [-0.15, -0.1) is 0 Å². The van der Waals surface area contributed by atoms with Crippen LogP contribution in [0.5, 0.6) is 0 Å². The molecule has 8 heteroatoms. The van der Waals surface area contributed by atoms with Crippen molar-refractivity contribution in [2.24, 2.45) is 5.14 Å². The van der Waals surface area contributed by atoms with Crippen LogP contribution in [-0.4, -0.2) is 22.4 Å². The normalized spacial score (nSPS) is 13.5. The van der Waals surface area contributed by atoms with Gasteiger partial charge in [0.05, 0.1) is 9.79 Å². The van der Waals surface area contributed by atoms with Crippen LogP contribution in [0, 0.1) is 0 Å². The summed E-state index contributed by atoms with van der Waals surface area (Å²) >= 11 is 0. The van der Waals surface area contributed by atoms with E-state index in [-0.39, 0.29) is 9.79 Å². The fourth-order valence-electron chi connectivity index (χ4n) is 1.30. The Labute approximate surface area is 114 Å². The minimum atomic E-state index is -3.82. The molecule has 1 aromatic carbocycles. The zero-order chi connectivity index (χ0) is 14.9. The summed E-state index contributed by atoms with van der Waals surface area (Å²) in [6.45, 7) is 5.40. The molecule has 0 aromatic heterocycles. The van der Waals surface area contributed by atoms with E-state index in [0.717, 1.165) is 0 Å². The van der Waals surface area contributed by atoms with E-state index in [1.54, 1.807) is 13.8 Å². The Kier molecular flexibility index (Phi) is 4.40. The molecule has 1 aromatic rings. The van der Waals surface area contributed by atoms with Gasteiger partial charge in [0.25, 0.3) is 0 Å². The first kappa shape index (κ1) is 16.1. The number of hydrogen-bond donors (Lipinski definition) is 2. The van der Waals surface area contributed by atoms with Crippen molar-refractivity contribution >= 4 is 20.0 Å². The second-order valence-corrected chi connectivity index (χ2v) is 8.10. The number of primary sulfonamides is 1. The molecular formula is C11H18N2O4S2. The molecule has 0 unspecified atom stereocenters. The fourth-order valence-corrected chi connectivity index (χ4v) is 3.30. The lowest BCUT2D eigenvalue weighted by atomic mass is 10.0. The predicted molar refractivity (Wildman–Crippen MR) is 72.5 cm³/mol. The average molecular weight is 306 g/mol. The highest BCUT2D eigenvalue weighted by atomic mass is 32.2. The molecule has 0 fully saturated rings. The van der Waals surface area contributed by atoms with Crippen molar-refractivity contribution in [3.8, 4) is 0 Å². The molecular weight excluding hydrogens is 288 g/mol. The van der Waals surface area contributed by atoms with Crippen molar-refractivity contribution in [1.29, 1.82) is 0 Å². The molecule has 0 spiro atoms. The molecule has 0 heterocycles. The maximum absolute atomic E-state index is 12.1.